The molecule has 3 N–H and O–H groups in total. The number of aromatic nitrogens is 2. The Labute approximate surface area is 120 Å². The van der Waals surface area contributed by atoms with Gasteiger partial charge < -0.3 is 19.8 Å². The largest absolute Gasteiger partial charge is 0.380 e. The molecule has 0 saturated heterocycles. The first-order valence-corrected chi connectivity index (χ1v) is 7.00. The maximum absolute atomic E-state index is 5.46. The van der Waals surface area contributed by atoms with Crippen molar-refractivity contribution in [3.63, 3.8) is 0 Å². The van der Waals surface area contributed by atoms with Crippen LogP contribution >= 0.6 is 0 Å². The van der Waals surface area contributed by atoms with E-state index in [1.807, 2.05) is 19.9 Å². The molecule has 0 aliphatic rings. The lowest BCUT2D eigenvalue weighted by atomic mass is 10.4. The topological polar surface area (TPSA) is 85.5 Å². The van der Waals surface area contributed by atoms with Crippen LogP contribution in [0.3, 0.4) is 0 Å². The molecule has 0 bridgehead atoms. The number of anilines is 2. The van der Waals surface area contributed by atoms with Crippen LogP contribution < -0.4 is 16.2 Å². The zero-order valence-electron chi connectivity index (χ0n) is 12.6. The van der Waals surface area contributed by atoms with Crippen molar-refractivity contribution in [2.45, 2.75) is 27.4 Å². The van der Waals surface area contributed by atoms with Crippen LogP contribution in [0.4, 0.5) is 11.6 Å². The number of nitrogen functional groups attached to an aromatic ring is 1. The number of hydrazine groups is 1. The molecule has 0 aliphatic carbocycles. The van der Waals surface area contributed by atoms with Gasteiger partial charge in [0.15, 0.2) is 5.82 Å². The summed E-state index contributed by atoms with van der Waals surface area (Å²) >= 11 is 0. The molecule has 0 aromatic carbocycles. The number of ether oxygens (including phenoxy) is 2. The van der Waals surface area contributed by atoms with E-state index in [1.165, 1.54) is 0 Å². The fraction of sp³-hybridized carbons (Fsp3) is 0.692. The Bertz CT molecular complexity index is 389. The average Bonchev–Trinajstić information content (AvgIpc) is 2.49. The fourth-order valence-electron chi connectivity index (χ4n) is 1.73. The van der Waals surface area contributed by atoms with Crippen molar-refractivity contribution in [1.82, 2.24) is 9.97 Å². The lowest BCUT2D eigenvalue weighted by Gasteiger charge is -2.22. The third-order valence-corrected chi connectivity index (χ3v) is 2.76. The lowest BCUT2D eigenvalue weighted by molar-refractivity contribution is 0.128. The highest BCUT2D eigenvalue weighted by Gasteiger charge is 2.10. The predicted molar refractivity (Wildman–Crippen MR) is 79.6 cm³/mol. The van der Waals surface area contributed by atoms with Gasteiger partial charge in [0, 0.05) is 32.4 Å². The van der Waals surface area contributed by atoms with Gasteiger partial charge in [0.05, 0.1) is 6.61 Å². The molecule has 20 heavy (non-hydrogen) atoms. The third kappa shape index (κ3) is 5.28. The fourth-order valence-corrected chi connectivity index (χ4v) is 1.73. The molecule has 7 heteroatoms. The van der Waals surface area contributed by atoms with Crippen molar-refractivity contribution < 1.29 is 9.47 Å². The second-order valence-electron chi connectivity index (χ2n) is 4.09. The molecule has 0 aliphatic heterocycles. The molecule has 0 saturated carbocycles. The Kier molecular flexibility index (Phi) is 7.86. The minimum absolute atomic E-state index is 0.377. The molecule has 0 unspecified atom stereocenters. The quantitative estimate of drug-likeness (QED) is 0.378. The Morgan fingerprint density at radius 2 is 1.95 bits per heavy atom. The predicted octanol–water partition coefficient (Wildman–Crippen LogP) is 1.16. The Morgan fingerprint density at radius 3 is 2.55 bits per heavy atom. The molecule has 0 fully saturated rings. The van der Waals surface area contributed by atoms with Gasteiger partial charge in [0.25, 0.3) is 0 Å². The number of nitrogens with zero attached hydrogens (tertiary/aromatic N) is 3. The van der Waals surface area contributed by atoms with Gasteiger partial charge in [-0.1, -0.05) is 0 Å². The zero-order valence-corrected chi connectivity index (χ0v) is 12.6. The van der Waals surface area contributed by atoms with Crippen LogP contribution in [0.1, 0.15) is 26.6 Å². The number of hydrogen-bond acceptors (Lipinski definition) is 7. The van der Waals surface area contributed by atoms with Gasteiger partial charge in [-0.05, 0) is 20.8 Å². The van der Waals surface area contributed by atoms with Gasteiger partial charge in [0.1, 0.15) is 18.2 Å². The summed E-state index contributed by atoms with van der Waals surface area (Å²) in [6.07, 6.45) is 0. The lowest BCUT2D eigenvalue weighted by Crippen LogP contribution is -2.29. The van der Waals surface area contributed by atoms with Crippen molar-refractivity contribution in [2.75, 3.05) is 43.2 Å². The number of nitrogens with one attached hydrogen (secondary N) is 1. The Balaban J connectivity index is 2.83. The molecule has 1 aromatic rings. The first kappa shape index (κ1) is 16.6. The SMILES string of the molecule is CCOCCN(CC)c1cc(NN)nc(COCC)n1. The molecule has 0 radical (unpaired) electrons. The van der Waals surface area contributed by atoms with Gasteiger partial charge in [-0.2, -0.15) is 0 Å². The molecule has 7 nitrogen and oxygen atoms in total. The van der Waals surface area contributed by atoms with Gasteiger partial charge in [-0.15, -0.1) is 0 Å². The Morgan fingerprint density at radius 1 is 1.20 bits per heavy atom. The summed E-state index contributed by atoms with van der Waals surface area (Å²) in [7, 11) is 0. The summed E-state index contributed by atoms with van der Waals surface area (Å²) in [5.41, 5.74) is 2.57. The number of nitrogens with two attached hydrogens (primary N) is 1. The van der Waals surface area contributed by atoms with E-state index in [1.54, 1.807) is 0 Å². The van der Waals surface area contributed by atoms with E-state index in [9.17, 15) is 0 Å². The van der Waals surface area contributed by atoms with Crippen molar-refractivity contribution in [3.05, 3.63) is 11.9 Å². The van der Waals surface area contributed by atoms with E-state index in [-0.39, 0.29) is 0 Å². The second-order valence-corrected chi connectivity index (χ2v) is 4.09. The molecular weight excluding hydrogens is 258 g/mol. The summed E-state index contributed by atoms with van der Waals surface area (Å²) < 4.78 is 10.7. The number of hydrogen-bond donors (Lipinski definition) is 2. The van der Waals surface area contributed by atoms with E-state index in [4.69, 9.17) is 15.3 Å². The average molecular weight is 283 g/mol. The standard InChI is InChI=1S/C13H25N5O2/c1-4-18(7-8-19-5-2)13-9-11(17-14)15-12(16-13)10-20-6-3/h9H,4-8,10,14H2,1-3H3,(H,15,16,17). The molecule has 1 heterocycles. The van der Waals surface area contributed by atoms with Crippen LogP contribution in [0.2, 0.25) is 0 Å². The number of rotatable bonds is 10. The van der Waals surface area contributed by atoms with E-state index >= 15 is 0 Å². The van der Waals surface area contributed by atoms with Crippen LogP contribution in [0, 0.1) is 0 Å². The highest BCUT2D eigenvalue weighted by atomic mass is 16.5. The van der Waals surface area contributed by atoms with Crippen molar-refractivity contribution in [1.29, 1.82) is 0 Å². The van der Waals surface area contributed by atoms with E-state index in [0.717, 1.165) is 18.9 Å². The minimum atomic E-state index is 0.377. The van der Waals surface area contributed by atoms with Crippen molar-refractivity contribution in [2.24, 2.45) is 5.84 Å². The summed E-state index contributed by atoms with van der Waals surface area (Å²) in [5.74, 6) is 7.48. The Hall–Kier alpha value is -1.44. The van der Waals surface area contributed by atoms with Crippen molar-refractivity contribution in [3.8, 4) is 0 Å². The molecule has 1 aromatic heterocycles. The molecule has 1 rings (SSSR count). The first-order chi connectivity index (χ1) is 9.74. The van der Waals surface area contributed by atoms with Crippen LogP contribution in [-0.2, 0) is 16.1 Å². The monoisotopic (exact) mass is 283 g/mol. The summed E-state index contributed by atoms with van der Waals surface area (Å²) in [5, 5.41) is 0. The highest BCUT2D eigenvalue weighted by molar-refractivity contribution is 5.48. The molecule has 114 valence electrons. The summed E-state index contributed by atoms with van der Waals surface area (Å²) in [6, 6.07) is 1.82. The van der Waals surface area contributed by atoms with Crippen LogP contribution in [-0.4, -0.2) is 42.9 Å². The zero-order chi connectivity index (χ0) is 14.8. The summed E-state index contributed by atoms with van der Waals surface area (Å²) in [4.78, 5) is 10.9. The maximum atomic E-state index is 5.46. The molecular formula is C13H25N5O2. The van der Waals surface area contributed by atoms with Crippen LogP contribution in [0.15, 0.2) is 6.07 Å². The minimum Gasteiger partial charge on any atom is -0.380 e. The maximum Gasteiger partial charge on any atom is 0.158 e. The van der Waals surface area contributed by atoms with Gasteiger partial charge in [-0.25, -0.2) is 15.8 Å². The molecule has 0 amide bonds. The van der Waals surface area contributed by atoms with E-state index < -0.39 is 0 Å². The first-order valence-electron chi connectivity index (χ1n) is 7.00. The molecule has 0 atom stereocenters. The van der Waals surface area contributed by atoms with Gasteiger partial charge in [0.2, 0.25) is 0 Å². The van der Waals surface area contributed by atoms with Crippen LogP contribution in [0.5, 0.6) is 0 Å². The van der Waals surface area contributed by atoms with E-state index in [2.05, 4.69) is 27.2 Å². The van der Waals surface area contributed by atoms with Gasteiger partial charge in [-0.3, -0.25) is 0 Å². The van der Waals surface area contributed by atoms with Crippen LogP contribution in [0.25, 0.3) is 0 Å². The van der Waals surface area contributed by atoms with E-state index in [0.29, 0.717) is 38.1 Å². The summed E-state index contributed by atoms with van der Waals surface area (Å²) in [6.45, 7) is 9.99. The highest BCUT2D eigenvalue weighted by Crippen LogP contribution is 2.15. The normalized spacial score (nSPS) is 10.6. The third-order valence-electron chi connectivity index (χ3n) is 2.76. The number of likely N-dealkylation sites (N-methyl/N-ethyl adjacent to an activating group) is 1. The smallest absolute Gasteiger partial charge is 0.158 e. The van der Waals surface area contributed by atoms with Crippen molar-refractivity contribution >= 4 is 11.6 Å². The van der Waals surface area contributed by atoms with Gasteiger partial charge >= 0.3 is 0 Å². The second kappa shape index (κ2) is 9.46. The molecule has 0 spiro atoms.